The van der Waals surface area contributed by atoms with E-state index in [4.69, 9.17) is 10.6 Å². The summed E-state index contributed by atoms with van der Waals surface area (Å²) in [6.07, 6.45) is -4.44. The molecule has 0 unspecified atom stereocenters. The largest absolute Gasteiger partial charge is 0.416 e. The molecule has 2 N–H and O–H groups in total. The smallest absolute Gasteiger partial charge is 0.399 e. The van der Waals surface area contributed by atoms with Gasteiger partial charge in [0.25, 0.3) is 0 Å². The summed E-state index contributed by atoms with van der Waals surface area (Å²) in [5.74, 6) is -0.321. The van der Waals surface area contributed by atoms with Gasteiger partial charge in [-0.3, -0.25) is 4.90 Å². The number of hydrogen-bond acceptors (Lipinski definition) is 5. The molecule has 0 bridgehead atoms. The van der Waals surface area contributed by atoms with Gasteiger partial charge in [0.2, 0.25) is 0 Å². The maximum atomic E-state index is 13.2. The highest BCUT2D eigenvalue weighted by molar-refractivity contribution is 5.75. The van der Waals surface area contributed by atoms with Gasteiger partial charge in [0.15, 0.2) is 0 Å². The number of carbonyl (C=O) groups is 1. The van der Waals surface area contributed by atoms with Gasteiger partial charge in [0, 0.05) is 38.4 Å². The predicted molar refractivity (Wildman–Crippen MR) is 88.3 cm³/mol. The van der Waals surface area contributed by atoms with Crippen LogP contribution in [0.2, 0.25) is 0 Å². The summed E-state index contributed by atoms with van der Waals surface area (Å²) in [6.45, 7) is 7.42. The van der Waals surface area contributed by atoms with E-state index in [9.17, 15) is 18.0 Å². The van der Waals surface area contributed by atoms with Crippen molar-refractivity contribution in [2.45, 2.75) is 33.5 Å². The molecule has 25 heavy (non-hydrogen) atoms. The number of halogens is 3. The second-order valence-corrected chi connectivity index (χ2v) is 7.25. The Morgan fingerprint density at radius 3 is 2.28 bits per heavy atom. The number of benzene rings is 1. The maximum Gasteiger partial charge on any atom is 0.416 e. The number of carbonyl (C=O) groups excluding carboxylic acids is 1. The van der Waals surface area contributed by atoms with Gasteiger partial charge in [0.1, 0.15) is 0 Å². The van der Waals surface area contributed by atoms with Crippen LogP contribution in [0.1, 0.15) is 31.9 Å². The molecule has 1 aromatic carbocycles. The Morgan fingerprint density at radius 2 is 1.76 bits per heavy atom. The fourth-order valence-corrected chi connectivity index (χ4v) is 2.47. The molecule has 0 spiro atoms. The molecule has 140 valence electrons. The van der Waals surface area contributed by atoms with Gasteiger partial charge >= 0.3 is 12.1 Å². The van der Waals surface area contributed by atoms with Crippen LogP contribution >= 0.6 is 0 Å². The van der Waals surface area contributed by atoms with Crippen LogP contribution in [-0.2, 0) is 22.4 Å². The highest BCUT2D eigenvalue weighted by Crippen LogP contribution is 2.34. The molecule has 0 aliphatic carbocycles. The summed E-state index contributed by atoms with van der Waals surface area (Å²) >= 11 is 0. The van der Waals surface area contributed by atoms with Crippen LogP contribution in [0.15, 0.2) is 18.2 Å². The molecule has 0 radical (unpaired) electrons. The van der Waals surface area contributed by atoms with Gasteiger partial charge in [-0.25, -0.2) is 4.79 Å². The van der Waals surface area contributed by atoms with E-state index in [1.165, 1.54) is 12.1 Å². The van der Waals surface area contributed by atoms with Crippen LogP contribution < -0.4 is 5.73 Å². The Balaban J connectivity index is 1.96. The van der Waals surface area contributed by atoms with E-state index in [0.29, 0.717) is 26.2 Å². The molecule has 1 fully saturated rings. The summed E-state index contributed by atoms with van der Waals surface area (Å²) in [4.78, 5) is 19.1. The molecule has 0 amide bonds. The van der Waals surface area contributed by atoms with Gasteiger partial charge in [-0.15, -0.1) is 5.06 Å². The minimum absolute atomic E-state index is 0.0926. The fourth-order valence-electron chi connectivity index (χ4n) is 2.47. The molecule has 0 atom stereocenters. The Bertz CT molecular complexity index is 619. The number of piperazine rings is 1. The molecule has 5 nitrogen and oxygen atoms in total. The van der Waals surface area contributed by atoms with E-state index >= 15 is 0 Å². The van der Waals surface area contributed by atoms with Crippen molar-refractivity contribution in [1.29, 1.82) is 0 Å². The minimum Gasteiger partial charge on any atom is -0.399 e. The lowest BCUT2D eigenvalue weighted by atomic mass is 9.98. The zero-order chi connectivity index (χ0) is 18.8. The molecule has 2 rings (SSSR count). The highest BCUT2D eigenvalue weighted by Gasteiger charge is 2.34. The summed E-state index contributed by atoms with van der Waals surface area (Å²) < 4.78 is 39.5. The van der Waals surface area contributed by atoms with Crippen molar-refractivity contribution in [3.05, 3.63) is 29.3 Å². The van der Waals surface area contributed by atoms with Crippen molar-refractivity contribution in [2.24, 2.45) is 5.41 Å². The molecular formula is C17H24F3N3O2. The average molecular weight is 359 g/mol. The van der Waals surface area contributed by atoms with Crippen LogP contribution in [0.3, 0.4) is 0 Å². The van der Waals surface area contributed by atoms with Gasteiger partial charge < -0.3 is 10.6 Å². The van der Waals surface area contributed by atoms with Crippen molar-refractivity contribution in [3.63, 3.8) is 0 Å². The molecule has 1 aromatic rings. The van der Waals surface area contributed by atoms with E-state index < -0.39 is 17.2 Å². The number of anilines is 1. The molecular weight excluding hydrogens is 335 g/mol. The normalized spacial score (nSPS) is 17.5. The van der Waals surface area contributed by atoms with E-state index in [0.717, 1.165) is 6.07 Å². The second kappa shape index (κ2) is 7.21. The standard InChI is InChI=1S/C17H24F3N3O2/c1-16(2,3)15(24)25-23-8-6-22(7-9-23)11-12-4-5-13(21)10-14(12)17(18,19)20/h4-5,10H,6-9,11,21H2,1-3H3. The molecule has 1 aliphatic rings. The van der Waals surface area contributed by atoms with Gasteiger partial charge in [0.05, 0.1) is 11.0 Å². The lowest BCUT2D eigenvalue weighted by Gasteiger charge is -2.34. The first-order valence-corrected chi connectivity index (χ1v) is 8.12. The Kier molecular flexibility index (Phi) is 5.63. The quantitative estimate of drug-likeness (QED) is 0.841. The van der Waals surface area contributed by atoms with Crippen molar-refractivity contribution in [1.82, 2.24) is 9.96 Å². The SMILES string of the molecule is CC(C)(C)C(=O)ON1CCN(Cc2ccc(N)cc2C(F)(F)F)CC1. The zero-order valence-electron chi connectivity index (χ0n) is 14.7. The van der Waals surface area contributed by atoms with Crippen molar-refractivity contribution in [2.75, 3.05) is 31.9 Å². The number of hydroxylamine groups is 2. The predicted octanol–water partition coefficient (Wildman–Crippen LogP) is 2.91. The monoisotopic (exact) mass is 359 g/mol. The average Bonchev–Trinajstić information content (AvgIpc) is 2.49. The van der Waals surface area contributed by atoms with Crippen LogP contribution in [-0.4, -0.2) is 42.1 Å². The Labute approximate surface area is 145 Å². The lowest BCUT2D eigenvalue weighted by Crippen LogP contribution is -2.47. The Morgan fingerprint density at radius 1 is 1.16 bits per heavy atom. The summed E-state index contributed by atoms with van der Waals surface area (Å²) in [5.41, 5.74) is 4.48. The maximum absolute atomic E-state index is 13.2. The molecule has 1 heterocycles. The third-order valence-electron chi connectivity index (χ3n) is 3.99. The fraction of sp³-hybridized carbons (Fsp3) is 0.588. The van der Waals surface area contributed by atoms with E-state index in [1.54, 1.807) is 25.8 Å². The molecule has 0 saturated carbocycles. The number of nitrogens with two attached hydrogens (primary N) is 1. The number of rotatable bonds is 3. The zero-order valence-corrected chi connectivity index (χ0v) is 14.7. The topological polar surface area (TPSA) is 58.8 Å². The van der Waals surface area contributed by atoms with Gasteiger partial charge in [-0.2, -0.15) is 13.2 Å². The molecule has 1 saturated heterocycles. The van der Waals surface area contributed by atoms with E-state index in [2.05, 4.69) is 0 Å². The molecule has 1 aliphatic heterocycles. The van der Waals surface area contributed by atoms with Crippen molar-refractivity contribution < 1.29 is 22.8 Å². The minimum atomic E-state index is -4.44. The van der Waals surface area contributed by atoms with Crippen molar-refractivity contribution in [3.8, 4) is 0 Å². The number of nitrogen functional groups attached to an aromatic ring is 1. The third-order valence-corrected chi connectivity index (χ3v) is 3.99. The lowest BCUT2D eigenvalue weighted by molar-refractivity contribution is -0.207. The first-order chi connectivity index (χ1) is 11.5. The molecule has 8 heteroatoms. The van der Waals surface area contributed by atoms with Crippen LogP contribution in [0.25, 0.3) is 0 Å². The second-order valence-electron chi connectivity index (χ2n) is 7.25. The van der Waals surface area contributed by atoms with Gasteiger partial charge in [-0.05, 0) is 38.5 Å². The highest BCUT2D eigenvalue weighted by atomic mass is 19.4. The van der Waals surface area contributed by atoms with Crippen LogP contribution in [0.4, 0.5) is 18.9 Å². The summed E-state index contributed by atoms with van der Waals surface area (Å²) in [5, 5.41) is 1.57. The number of nitrogens with zero attached hydrogens (tertiary/aromatic N) is 2. The summed E-state index contributed by atoms with van der Waals surface area (Å²) in [7, 11) is 0. The first kappa shape index (κ1) is 19.5. The summed E-state index contributed by atoms with van der Waals surface area (Å²) in [6, 6.07) is 3.87. The Hall–Kier alpha value is -1.80. The number of hydrogen-bond donors (Lipinski definition) is 1. The third kappa shape index (κ3) is 5.34. The van der Waals surface area contributed by atoms with Gasteiger partial charge in [-0.1, -0.05) is 6.07 Å². The van der Waals surface area contributed by atoms with E-state index in [1.807, 2.05) is 4.90 Å². The first-order valence-electron chi connectivity index (χ1n) is 8.12. The van der Waals surface area contributed by atoms with Crippen LogP contribution in [0, 0.1) is 5.41 Å². The van der Waals surface area contributed by atoms with E-state index in [-0.39, 0.29) is 23.8 Å². The van der Waals surface area contributed by atoms with Crippen LogP contribution in [0.5, 0.6) is 0 Å². The number of alkyl halides is 3. The molecule has 0 aromatic heterocycles. The van der Waals surface area contributed by atoms with Crippen molar-refractivity contribution >= 4 is 11.7 Å².